The van der Waals surface area contributed by atoms with E-state index in [0.717, 1.165) is 38.0 Å². The number of hydrogen-bond acceptors (Lipinski definition) is 3. The topological polar surface area (TPSA) is 69.2 Å². The number of carboxylic acid groups (broad SMARTS) is 1. The summed E-state index contributed by atoms with van der Waals surface area (Å²) < 4.78 is 0. The van der Waals surface area contributed by atoms with Crippen molar-refractivity contribution in [3.63, 3.8) is 0 Å². The number of benzene rings is 2. The summed E-state index contributed by atoms with van der Waals surface area (Å²) in [6, 6.07) is 17.6. The lowest BCUT2D eigenvalue weighted by atomic mass is 9.89. The van der Waals surface area contributed by atoms with Gasteiger partial charge in [0, 0.05) is 23.7 Å². The minimum Gasteiger partial charge on any atom is -0.478 e. The minimum atomic E-state index is -0.879. The molecule has 2 aromatic carbocycles. The van der Waals surface area contributed by atoms with E-state index in [1.807, 2.05) is 24.4 Å². The number of carbonyl (C=O) groups is 1. The molecule has 4 rings (SSSR count). The zero-order valence-corrected chi connectivity index (χ0v) is 15.1. The monoisotopic (exact) mass is 361 g/mol. The number of rotatable bonds is 5. The third-order valence-corrected chi connectivity index (χ3v) is 5.36. The van der Waals surface area contributed by atoms with E-state index in [1.54, 1.807) is 12.1 Å². The van der Waals surface area contributed by atoms with E-state index in [-0.39, 0.29) is 0 Å². The molecule has 1 fully saturated rings. The molecule has 1 aliphatic heterocycles. The van der Waals surface area contributed by atoms with E-state index in [1.165, 1.54) is 16.8 Å². The third-order valence-electron chi connectivity index (χ3n) is 5.36. The van der Waals surface area contributed by atoms with Crippen molar-refractivity contribution >= 4 is 5.97 Å². The number of H-pyrrole nitrogens is 1. The number of aromatic amines is 1. The maximum atomic E-state index is 11.0. The highest BCUT2D eigenvalue weighted by Crippen LogP contribution is 2.34. The molecule has 5 heteroatoms. The number of hydrogen-bond donors (Lipinski definition) is 2. The highest BCUT2D eigenvalue weighted by atomic mass is 16.4. The summed E-state index contributed by atoms with van der Waals surface area (Å²) in [6.45, 7) is 2.92. The molecule has 0 unspecified atom stereocenters. The average molecular weight is 361 g/mol. The van der Waals surface area contributed by atoms with Gasteiger partial charge in [-0.1, -0.05) is 42.5 Å². The summed E-state index contributed by atoms with van der Waals surface area (Å²) in [5.41, 5.74) is 5.15. The molecule has 0 atom stereocenters. The molecule has 1 saturated heterocycles. The van der Waals surface area contributed by atoms with E-state index in [4.69, 9.17) is 5.11 Å². The molecule has 3 aromatic rings. The Kier molecular flexibility index (Phi) is 5.03. The normalized spacial score (nSPS) is 15.7. The molecular weight excluding hydrogens is 338 g/mol. The summed E-state index contributed by atoms with van der Waals surface area (Å²) in [7, 11) is 0. The molecule has 0 saturated carbocycles. The predicted molar refractivity (Wildman–Crippen MR) is 105 cm³/mol. The van der Waals surface area contributed by atoms with E-state index in [9.17, 15) is 4.79 Å². The molecule has 5 nitrogen and oxygen atoms in total. The van der Waals surface area contributed by atoms with Crippen LogP contribution in [0.4, 0.5) is 0 Å². The average Bonchev–Trinajstić information content (AvgIpc) is 3.19. The first kappa shape index (κ1) is 17.5. The van der Waals surface area contributed by atoms with Crippen molar-refractivity contribution in [2.45, 2.75) is 25.3 Å². The lowest BCUT2D eigenvalue weighted by molar-refractivity contribution is 0.0697. The molecule has 0 bridgehead atoms. The van der Waals surface area contributed by atoms with Gasteiger partial charge in [0.25, 0.3) is 0 Å². The first-order valence-corrected chi connectivity index (χ1v) is 9.34. The molecule has 1 aliphatic rings. The second-order valence-corrected chi connectivity index (χ2v) is 7.12. The lowest BCUT2D eigenvalue weighted by Crippen LogP contribution is -2.32. The van der Waals surface area contributed by atoms with Crippen LogP contribution in [0.1, 0.15) is 40.4 Å². The van der Waals surface area contributed by atoms with Crippen LogP contribution in [0, 0.1) is 0 Å². The summed E-state index contributed by atoms with van der Waals surface area (Å²) in [5.74, 6) is -0.385. The van der Waals surface area contributed by atoms with Crippen LogP contribution in [-0.4, -0.2) is 39.3 Å². The summed E-state index contributed by atoms with van der Waals surface area (Å²) in [6.07, 6.45) is 4.12. The van der Waals surface area contributed by atoms with Gasteiger partial charge < -0.3 is 5.11 Å². The Labute approximate surface area is 158 Å². The van der Waals surface area contributed by atoms with Gasteiger partial charge in [-0.15, -0.1) is 0 Å². The first-order valence-electron chi connectivity index (χ1n) is 9.34. The van der Waals surface area contributed by atoms with Crippen molar-refractivity contribution in [1.82, 2.24) is 15.1 Å². The van der Waals surface area contributed by atoms with E-state index in [2.05, 4.69) is 39.4 Å². The zero-order chi connectivity index (χ0) is 18.6. The van der Waals surface area contributed by atoms with Crippen molar-refractivity contribution in [1.29, 1.82) is 0 Å². The number of piperidine rings is 1. The van der Waals surface area contributed by atoms with Crippen molar-refractivity contribution in [3.05, 3.63) is 77.6 Å². The van der Waals surface area contributed by atoms with E-state index in [0.29, 0.717) is 11.5 Å². The summed E-state index contributed by atoms with van der Waals surface area (Å²) in [5, 5.41) is 16.5. The number of nitrogens with zero attached hydrogens (tertiary/aromatic N) is 2. The van der Waals surface area contributed by atoms with Gasteiger partial charge in [-0.2, -0.15) is 5.10 Å². The van der Waals surface area contributed by atoms with Gasteiger partial charge in [0.2, 0.25) is 0 Å². The second-order valence-electron chi connectivity index (χ2n) is 7.12. The number of aromatic nitrogens is 2. The Bertz CT molecular complexity index is 895. The van der Waals surface area contributed by atoms with Gasteiger partial charge in [0.15, 0.2) is 0 Å². The molecule has 138 valence electrons. The molecule has 1 aromatic heterocycles. The first-order chi connectivity index (χ1) is 13.2. The minimum absolute atomic E-state index is 0.338. The molecule has 2 N–H and O–H groups in total. The maximum absolute atomic E-state index is 11.0. The zero-order valence-electron chi connectivity index (χ0n) is 15.1. The van der Waals surface area contributed by atoms with Gasteiger partial charge in [-0.05, 0) is 49.2 Å². The van der Waals surface area contributed by atoms with Crippen LogP contribution in [0.3, 0.4) is 0 Å². The van der Waals surface area contributed by atoms with Crippen LogP contribution in [0.15, 0.2) is 60.8 Å². The standard InChI is InChI=1S/C22H23N3O2/c26-22(27)19-8-6-16(7-9-19)15-25-12-10-18(11-13-25)21-20(14-23-24-21)17-4-2-1-3-5-17/h1-9,14,18H,10-13,15H2,(H,23,24)(H,26,27). The van der Waals surface area contributed by atoms with Crippen molar-refractivity contribution < 1.29 is 9.90 Å². The number of likely N-dealkylation sites (tertiary alicyclic amines) is 1. The fraction of sp³-hybridized carbons (Fsp3) is 0.273. The van der Waals surface area contributed by atoms with Crippen LogP contribution in [0.25, 0.3) is 11.1 Å². The highest BCUT2D eigenvalue weighted by molar-refractivity contribution is 5.87. The number of carboxylic acids is 1. The van der Waals surface area contributed by atoms with Crippen molar-refractivity contribution in [3.8, 4) is 11.1 Å². The molecule has 0 radical (unpaired) electrons. The van der Waals surface area contributed by atoms with Crippen LogP contribution in [0.2, 0.25) is 0 Å². The summed E-state index contributed by atoms with van der Waals surface area (Å²) in [4.78, 5) is 13.4. The van der Waals surface area contributed by atoms with Gasteiger partial charge in [-0.3, -0.25) is 10.00 Å². The Morgan fingerprint density at radius 2 is 1.78 bits per heavy atom. The largest absolute Gasteiger partial charge is 0.478 e. The van der Waals surface area contributed by atoms with Crippen LogP contribution >= 0.6 is 0 Å². The third kappa shape index (κ3) is 3.93. The molecular formula is C22H23N3O2. The number of nitrogens with one attached hydrogen (secondary N) is 1. The molecule has 0 aliphatic carbocycles. The van der Waals surface area contributed by atoms with Gasteiger partial charge in [0.05, 0.1) is 11.8 Å². The van der Waals surface area contributed by atoms with Gasteiger partial charge >= 0.3 is 5.97 Å². The van der Waals surface area contributed by atoms with E-state index < -0.39 is 5.97 Å². The Morgan fingerprint density at radius 3 is 2.44 bits per heavy atom. The molecule has 0 spiro atoms. The van der Waals surface area contributed by atoms with Gasteiger partial charge in [0.1, 0.15) is 0 Å². The van der Waals surface area contributed by atoms with Crippen LogP contribution in [-0.2, 0) is 6.54 Å². The number of aromatic carboxylic acids is 1. The predicted octanol–water partition coefficient (Wildman–Crippen LogP) is 4.15. The maximum Gasteiger partial charge on any atom is 0.335 e. The van der Waals surface area contributed by atoms with Crippen molar-refractivity contribution in [2.75, 3.05) is 13.1 Å². The SMILES string of the molecule is O=C(O)c1ccc(CN2CCC(c3[nH]ncc3-c3ccccc3)CC2)cc1. The summed E-state index contributed by atoms with van der Waals surface area (Å²) >= 11 is 0. The second kappa shape index (κ2) is 7.76. The fourth-order valence-electron chi connectivity index (χ4n) is 3.85. The Hall–Kier alpha value is -2.92. The Morgan fingerprint density at radius 1 is 1.07 bits per heavy atom. The smallest absolute Gasteiger partial charge is 0.335 e. The fourth-order valence-corrected chi connectivity index (χ4v) is 3.85. The molecule has 27 heavy (non-hydrogen) atoms. The van der Waals surface area contributed by atoms with Crippen LogP contribution in [0.5, 0.6) is 0 Å². The van der Waals surface area contributed by atoms with Gasteiger partial charge in [-0.25, -0.2) is 4.79 Å². The molecule has 0 amide bonds. The van der Waals surface area contributed by atoms with E-state index >= 15 is 0 Å². The lowest BCUT2D eigenvalue weighted by Gasteiger charge is -2.32. The van der Waals surface area contributed by atoms with Crippen LogP contribution < -0.4 is 0 Å². The Balaban J connectivity index is 1.38. The quantitative estimate of drug-likeness (QED) is 0.716. The molecule has 2 heterocycles. The highest BCUT2D eigenvalue weighted by Gasteiger charge is 2.24. The van der Waals surface area contributed by atoms with Crippen molar-refractivity contribution in [2.24, 2.45) is 0 Å².